The molecule has 0 radical (unpaired) electrons. The summed E-state index contributed by atoms with van der Waals surface area (Å²) in [7, 11) is 0. The first-order chi connectivity index (χ1) is 10.2. The summed E-state index contributed by atoms with van der Waals surface area (Å²) in [5, 5.41) is 11.2. The van der Waals surface area contributed by atoms with Crippen molar-refractivity contribution in [2.24, 2.45) is 0 Å². The molecular weight excluding hydrogens is 286 g/mol. The van der Waals surface area contributed by atoms with Crippen LogP contribution in [0.4, 0.5) is 0 Å². The lowest BCUT2D eigenvalue weighted by Crippen LogP contribution is -2.50. The first-order valence-electron chi connectivity index (χ1n) is 6.78. The topological polar surface area (TPSA) is 57.6 Å². The molecule has 2 aromatic carbocycles. The second-order valence-corrected chi connectivity index (χ2v) is 6.10. The van der Waals surface area contributed by atoms with E-state index in [9.17, 15) is 14.7 Å². The molecule has 0 bridgehead atoms. The van der Waals surface area contributed by atoms with Crippen LogP contribution in [0.2, 0.25) is 0 Å². The monoisotopic (exact) mass is 301 g/mol. The lowest BCUT2D eigenvalue weighted by atomic mass is 10.0. The number of hydrogen-bond donors (Lipinski definition) is 1. The number of rotatable bonds is 2. The van der Waals surface area contributed by atoms with Gasteiger partial charge in [0, 0.05) is 23.6 Å². The normalized spacial score (nSPS) is 18.7. The summed E-state index contributed by atoms with van der Waals surface area (Å²) in [5.41, 5.74) is 0.575. The molecular formula is C16H15NO3S. The maximum absolute atomic E-state index is 12.8. The third-order valence-corrected chi connectivity index (χ3v) is 4.72. The molecule has 3 rings (SSSR count). The van der Waals surface area contributed by atoms with Gasteiger partial charge in [-0.3, -0.25) is 4.79 Å². The van der Waals surface area contributed by atoms with E-state index in [1.807, 2.05) is 36.4 Å². The molecule has 1 atom stereocenters. The predicted molar refractivity (Wildman–Crippen MR) is 83.7 cm³/mol. The predicted octanol–water partition coefficient (Wildman–Crippen LogP) is 2.48. The fourth-order valence-corrected chi connectivity index (χ4v) is 3.66. The SMILES string of the molecule is O=C(O)C1CSCCN1C(=O)c1cccc2ccccc12. The molecule has 0 aromatic heterocycles. The Labute approximate surface area is 126 Å². The van der Waals surface area contributed by atoms with Crippen molar-refractivity contribution >= 4 is 34.4 Å². The van der Waals surface area contributed by atoms with Crippen LogP contribution in [-0.4, -0.2) is 46.0 Å². The molecule has 0 saturated carbocycles. The Bertz CT molecular complexity index is 695. The van der Waals surface area contributed by atoms with Crippen LogP contribution >= 0.6 is 11.8 Å². The Hall–Kier alpha value is -2.01. The quantitative estimate of drug-likeness (QED) is 0.926. The fraction of sp³-hybridized carbons (Fsp3) is 0.250. The van der Waals surface area contributed by atoms with Gasteiger partial charge in [-0.25, -0.2) is 4.79 Å². The number of hydrogen-bond acceptors (Lipinski definition) is 3. The Balaban J connectivity index is 2.01. The third-order valence-electron chi connectivity index (χ3n) is 3.69. The molecule has 0 spiro atoms. The van der Waals surface area contributed by atoms with Crippen LogP contribution in [0.15, 0.2) is 42.5 Å². The van der Waals surface area contributed by atoms with Gasteiger partial charge in [0.25, 0.3) is 5.91 Å². The molecule has 1 heterocycles. The first kappa shape index (κ1) is 13.9. The van der Waals surface area contributed by atoms with Crippen LogP contribution in [-0.2, 0) is 4.79 Å². The number of fused-ring (bicyclic) bond motifs is 1. The lowest BCUT2D eigenvalue weighted by Gasteiger charge is -2.32. The summed E-state index contributed by atoms with van der Waals surface area (Å²) in [6.45, 7) is 0.476. The van der Waals surface area contributed by atoms with Gasteiger partial charge in [0.15, 0.2) is 0 Å². The Morgan fingerprint density at radius 1 is 1.14 bits per heavy atom. The van der Waals surface area contributed by atoms with Crippen molar-refractivity contribution in [1.29, 1.82) is 0 Å². The van der Waals surface area contributed by atoms with Crippen molar-refractivity contribution in [2.45, 2.75) is 6.04 Å². The average molecular weight is 301 g/mol. The van der Waals surface area contributed by atoms with E-state index in [0.717, 1.165) is 16.5 Å². The molecule has 1 N–H and O–H groups in total. The summed E-state index contributed by atoms with van der Waals surface area (Å²) in [4.78, 5) is 25.6. The number of carbonyl (C=O) groups is 2. The lowest BCUT2D eigenvalue weighted by molar-refractivity contribution is -0.141. The molecule has 2 aromatic rings. The van der Waals surface area contributed by atoms with Gasteiger partial charge in [-0.2, -0.15) is 11.8 Å². The van der Waals surface area contributed by atoms with Crippen LogP contribution < -0.4 is 0 Å². The molecule has 108 valence electrons. The van der Waals surface area contributed by atoms with Gasteiger partial charge in [0.1, 0.15) is 6.04 Å². The minimum absolute atomic E-state index is 0.195. The van der Waals surface area contributed by atoms with Crippen molar-refractivity contribution < 1.29 is 14.7 Å². The van der Waals surface area contributed by atoms with Crippen molar-refractivity contribution in [3.05, 3.63) is 48.0 Å². The van der Waals surface area contributed by atoms with E-state index in [0.29, 0.717) is 17.9 Å². The minimum atomic E-state index is -0.934. The third kappa shape index (κ3) is 2.61. The number of carboxylic acid groups (broad SMARTS) is 1. The number of carbonyl (C=O) groups excluding carboxylic acids is 1. The second kappa shape index (κ2) is 5.77. The second-order valence-electron chi connectivity index (χ2n) is 4.95. The summed E-state index contributed by atoms with van der Waals surface area (Å²) in [5.74, 6) is 0.0989. The molecule has 0 aliphatic carbocycles. The van der Waals surface area contributed by atoms with Gasteiger partial charge < -0.3 is 10.0 Å². The smallest absolute Gasteiger partial charge is 0.327 e. The molecule has 21 heavy (non-hydrogen) atoms. The highest BCUT2D eigenvalue weighted by molar-refractivity contribution is 7.99. The molecule has 1 fully saturated rings. The van der Waals surface area contributed by atoms with E-state index in [1.165, 1.54) is 4.90 Å². The molecule has 1 amide bonds. The zero-order valence-corrected chi connectivity index (χ0v) is 12.2. The molecule has 1 aliphatic heterocycles. The van der Waals surface area contributed by atoms with Crippen molar-refractivity contribution in [3.63, 3.8) is 0 Å². The van der Waals surface area contributed by atoms with Crippen LogP contribution in [0, 0.1) is 0 Å². The van der Waals surface area contributed by atoms with Crippen LogP contribution in [0.25, 0.3) is 10.8 Å². The molecule has 1 unspecified atom stereocenters. The highest BCUT2D eigenvalue weighted by Gasteiger charge is 2.33. The maximum Gasteiger partial charge on any atom is 0.327 e. The molecule has 1 aliphatic rings. The van der Waals surface area contributed by atoms with Gasteiger partial charge in [-0.15, -0.1) is 0 Å². The Morgan fingerprint density at radius 3 is 2.71 bits per heavy atom. The van der Waals surface area contributed by atoms with E-state index in [2.05, 4.69) is 0 Å². The first-order valence-corrected chi connectivity index (χ1v) is 7.93. The van der Waals surface area contributed by atoms with Gasteiger partial charge >= 0.3 is 5.97 Å². The molecule has 4 nitrogen and oxygen atoms in total. The maximum atomic E-state index is 12.8. The largest absolute Gasteiger partial charge is 0.480 e. The number of thioether (sulfide) groups is 1. The fourth-order valence-electron chi connectivity index (χ4n) is 2.62. The zero-order chi connectivity index (χ0) is 14.8. The Kier molecular flexibility index (Phi) is 3.84. The number of benzene rings is 2. The van der Waals surface area contributed by atoms with Crippen molar-refractivity contribution in [1.82, 2.24) is 4.90 Å². The highest BCUT2D eigenvalue weighted by Crippen LogP contribution is 2.24. The number of aliphatic carboxylic acids is 1. The summed E-state index contributed by atoms with van der Waals surface area (Å²) in [6, 6.07) is 12.5. The number of carboxylic acids is 1. The van der Waals surface area contributed by atoms with Crippen LogP contribution in [0.1, 0.15) is 10.4 Å². The van der Waals surface area contributed by atoms with Gasteiger partial charge in [-0.1, -0.05) is 36.4 Å². The van der Waals surface area contributed by atoms with Crippen LogP contribution in [0.3, 0.4) is 0 Å². The van der Waals surface area contributed by atoms with Crippen molar-refractivity contribution in [2.75, 3.05) is 18.1 Å². The van der Waals surface area contributed by atoms with Crippen LogP contribution in [0.5, 0.6) is 0 Å². The van der Waals surface area contributed by atoms with E-state index in [1.54, 1.807) is 17.8 Å². The average Bonchev–Trinajstić information content (AvgIpc) is 2.53. The number of amides is 1. The van der Waals surface area contributed by atoms with Crippen molar-refractivity contribution in [3.8, 4) is 0 Å². The summed E-state index contributed by atoms with van der Waals surface area (Å²) in [6.07, 6.45) is 0. The van der Waals surface area contributed by atoms with E-state index < -0.39 is 12.0 Å². The number of nitrogens with zero attached hydrogens (tertiary/aromatic N) is 1. The van der Waals surface area contributed by atoms with Gasteiger partial charge in [0.2, 0.25) is 0 Å². The zero-order valence-electron chi connectivity index (χ0n) is 11.4. The summed E-state index contributed by atoms with van der Waals surface area (Å²) < 4.78 is 0. The highest BCUT2D eigenvalue weighted by atomic mass is 32.2. The van der Waals surface area contributed by atoms with Gasteiger partial charge in [0.05, 0.1) is 0 Å². The summed E-state index contributed by atoms with van der Waals surface area (Å²) >= 11 is 1.58. The standard InChI is InChI=1S/C16H15NO3S/c18-15(17-8-9-21-10-14(17)16(19)20)13-7-3-5-11-4-1-2-6-12(11)13/h1-7,14H,8-10H2,(H,19,20). The van der Waals surface area contributed by atoms with Gasteiger partial charge in [-0.05, 0) is 16.8 Å². The molecule has 1 saturated heterocycles. The van der Waals surface area contributed by atoms with E-state index >= 15 is 0 Å². The minimum Gasteiger partial charge on any atom is -0.480 e. The van der Waals surface area contributed by atoms with E-state index in [-0.39, 0.29) is 5.91 Å². The molecule has 5 heteroatoms. The van der Waals surface area contributed by atoms with E-state index in [4.69, 9.17) is 0 Å². The Morgan fingerprint density at radius 2 is 1.90 bits per heavy atom.